The van der Waals surface area contributed by atoms with Crippen LogP contribution in [0.5, 0.6) is 17.4 Å². The SMILES string of the molecule is CC1(C)CCC(CN2CCN(c3ccc(C(=O)NS(=O)(=O)c4cnc(OC[C@H]5CC[C@@]6(CC5)CNC(=O)O6)c(Cl)c4)c(Oc4cnc5[nH]ccc5c4)c3)CC2)=C(c2ccc(Cl)cc2)C1. The molecule has 14 nitrogen and oxygen atoms in total. The van der Waals surface area contributed by atoms with E-state index in [4.69, 9.17) is 37.4 Å². The van der Waals surface area contributed by atoms with Gasteiger partial charge in [0.1, 0.15) is 32.7 Å². The van der Waals surface area contributed by atoms with Gasteiger partial charge in [-0.1, -0.05) is 54.8 Å². The van der Waals surface area contributed by atoms with Gasteiger partial charge in [0.15, 0.2) is 0 Å². The number of halogens is 2. The molecule has 0 atom stereocenters. The van der Waals surface area contributed by atoms with E-state index in [1.807, 2.05) is 24.3 Å². The number of H-pyrrole nitrogens is 1. The zero-order valence-electron chi connectivity index (χ0n) is 35.8. The fraction of sp³-hybridized carbons (Fsp3) is 0.404. The van der Waals surface area contributed by atoms with Gasteiger partial charge in [-0.05, 0) is 110 Å². The molecular formula is C47H51Cl2N7O7S. The Labute approximate surface area is 382 Å². The molecule has 1 spiro atoms. The van der Waals surface area contributed by atoms with Gasteiger partial charge in [0.25, 0.3) is 15.9 Å². The predicted molar refractivity (Wildman–Crippen MR) is 246 cm³/mol. The zero-order valence-corrected chi connectivity index (χ0v) is 38.1. The first-order chi connectivity index (χ1) is 30.7. The van der Waals surface area contributed by atoms with Crippen molar-refractivity contribution in [2.24, 2.45) is 11.3 Å². The predicted octanol–water partition coefficient (Wildman–Crippen LogP) is 9.01. The van der Waals surface area contributed by atoms with Crippen molar-refractivity contribution in [3.63, 3.8) is 0 Å². The number of ether oxygens (including phenoxy) is 3. The maximum Gasteiger partial charge on any atom is 0.407 e. The highest BCUT2D eigenvalue weighted by Gasteiger charge is 2.43. The fourth-order valence-electron chi connectivity index (χ4n) is 9.23. The summed E-state index contributed by atoms with van der Waals surface area (Å²) in [7, 11) is -4.44. The Kier molecular flexibility index (Phi) is 12.3. The normalized spacial score (nSPS) is 21.5. The molecule has 2 aliphatic carbocycles. The third-order valence-corrected chi connectivity index (χ3v) is 14.8. The van der Waals surface area contributed by atoms with Crippen LogP contribution in [0, 0.1) is 11.3 Å². The van der Waals surface area contributed by atoms with Crippen molar-refractivity contribution < 1.29 is 32.2 Å². The van der Waals surface area contributed by atoms with Crippen molar-refractivity contribution in [1.29, 1.82) is 0 Å². The molecule has 0 radical (unpaired) electrons. The van der Waals surface area contributed by atoms with Crippen LogP contribution in [-0.2, 0) is 14.8 Å². The van der Waals surface area contributed by atoms with Crippen LogP contribution in [0.25, 0.3) is 16.6 Å². The van der Waals surface area contributed by atoms with E-state index in [9.17, 15) is 18.0 Å². The quantitative estimate of drug-likeness (QED) is 0.109. The maximum atomic E-state index is 13.9. The van der Waals surface area contributed by atoms with E-state index in [1.54, 1.807) is 30.6 Å². The minimum absolute atomic E-state index is 0.0124. The molecule has 2 aromatic carbocycles. The lowest BCUT2D eigenvalue weighted by molar-refractivity contribution is 0.00694. The monoisotopic (exact) mass is 927 g/mol. The summed E-state index contributed by atoms with van der Waals surface area (Å²) in [4.78, 5) is 41.7. The van der Waals surface area contributed by atoms with E-state index in [-0.39, 0.29) is 44.5 Å². The molecule has 17 heteroatoms. The minimum Gasteiger partial charge on any atom is -0.476 e. The van der Waals surface area contributed by atoms with Gasteiger partial charge < -0.3 is 29.4 Å². The van der Waals surface area contributed by atoms with Crippen LogP contribution >= 0.6 is 23.2 Å². The van der Waals surface area contributed by atoms with E-state index in [0.29, 0.717) is 37.4 Å². The molecule has 0 unspecified atom stereocenters. The molecular weight excluding hydrogens is 878 g/mol. The number of fused-ring (bicyclic) bond motifs is 1. The van der Waals surface area contributed by atoms with Gasteiger partial charge in [-0.15, -0.1) is 0 Å². The molecule has 4 aliphatic rings. The van der Waals surface area contributed by atoms with Crippen LogP contribution in [0.1, 0.15) is 74.7 Å². The zero-order chi connectivity index (χ0) is 44.6. The Bertz CT molecular complexity index is 2710. The molecule has 0 bridgehead atoms. The molecule has 9 rings (SSSR count). The van der Waals surface area contributed by atoms with Crippen molar-refractivity contribution in [3.8, 4) is 17.4 Å². The van der Waals surface area contributed by atoms with E-state index >= 15 is 0 Å². The molecule has 64 heavy (non-hydrogen) atoms. The van der Waals surface area contributed by atoms with E-state index < -0.39 is 21.5 Å². The van der Waals surface area contributed by atoms with E-state index in [1.165, 1.54) is 22.8 Å². The third-order valence-electron chi connectivity index (χ3n) is 13.0. The van der Waals surface area contributed by atoms with Gasteiger partial charge in [-0.2, -0.15) is 0 Å². The number of sulfonamides is 1. The number of nitrogens with zero attached hydrogens (tertiary/aromatic N) is 4. The third kappa shape index (κ3) is 9.82. The van der Waals surface area contributed by atoms with Gasteiger partial charge in [-0.25, -0.2) is 27.9 Å². The number of anilines is 1. The molecule has 2 amide bonds. The number of rotatable bonds is 12. The molecule has 2 aliphatic heterocycles. The van der Waals surface area contributed by atoms with Crippen LogP contribution in [0.4, 0.5) is 10.5 Å². The van der Waals surface area contributed by atoms with Crippen molar-refractivity contribution in [1.82, 2.24) is 29.9 Å². The largest absolute Gasteiger partial charge is 0.476 e. The summed E-state index contributed by atoms with van der Waals surface area (Å²) in [5.74, 6) is -0.0747. The number of benzene rings is 2. The Morgan fingerprint density at radius 3 is 2.48 bits per heavy atom. The topological polar surface area (TPSA) is 168 Å². The number of hydrogen-bond donors (Lipinski definition) is 3. The summed E-state index contributed by atoms with van der Waals surface area (Å²) in [5.41, 5.74) is 5.44. The minimum atomic E-state index is -4.44. The van der Waals surface area contributed by atoms with Crippen molar-refractivity contribution in [2.45, 2.75) is 69.3 Å². The molecule has 3 fully saturated rings. The van der Waals surface area contributed by atoms with Crippen LogP contribution in [0.15, 0.2) is 89.7 Å². The maximum absolute atomic E-state index is 13.9. The molecule has 336 valence electrons. The lowest BCUT2D eigenvalue weighted by atomic mass is 9.72. The number of nitrogens with one attached hydrogen (secondary N) is 3. The highest BCUT2D eigenvalue weighted by atomic mass is 35.5. The number of aromatic nitrogens is 3. The highest BCUT2D eigenvalue weighted by molar-refractivity contribution is 7.90. The Morgan fingerprint density at radius 2 is 1.75 bits per heavy atom. The number of carbonyl (C=O) groups is 2. The molecule has 5 aromatic rings. The summed E-state index contributed by atoms with van der Waals surface area (Å²) in [6.45, 7) is 9.56. The van der Waals surface area contributed by atoms with Crippen molar-refractivity contribution in [3.05, 3.63) is 106 Å². The Hall–Kier alpha value is -5.35. The van der Waals surface area contributed by atoms with Gasteiger partial charge in [0.05, 0.1) is 31.1 Å². The average Bonchev–Trinajstić information content (AvgIpc) is 3.90. The Morgan fingerprint density at radius 1 is 0.969 bits per heavy atom. The second-order valence-corrected chi connectivity index (χ2v) is 20.7. The molecule has 1 saturated carbocycles. The van der Waals surface area contributed by atoms with Crippen LogP contribution in [-0.4, -0.2) is 91.7 Å². The summed E-state index contributed by atoms with van der Waals surface area (Å²) in [5, 5.41) is 4.27. The number of piperazine rings is 1. The summed E-state index contributed by atoms with van der Waals surface area (Å²) in [6.07, 6.45) is 10.3. The summed E-state index contributed by atoms with van der Waals surface area (Å²) >= 11 is 12.7. The van der Waals surface area contributed by atoms with E-state index in [0.717, 1.165) is 87.1 Å². The van der Waals surface area contributed by atoms with Crippen LogP contribution in [0.2, 0.25) is 10.0 Å². The number of carbonyl (C=O) groups excluding carboxylic acids is 2. The molecule has 2 saturated heterocycles. The standard InChI is InChI=1S/C47H51Cl2N7O7S/c1-46(2)13-11-33(39(24-46)31-3-5-34(48)6-4-31)27-55-17-19-56(20-18-55)35-7-8-38(41(22-35)62-36-21-32-12-16-50-42(32)51-25-36)43(57)54-64(59,60)37-23-40(49)44(52-26-37)61-28-30-9-14-47(15-10-30)29-53-45(58)63-47/h3-8,12,16,21-23,25-26,30H,9-11,13-15,17-20,24,27-29H2,1-2H3,(H,50,51)(H,53,58)(H,54,57)/t30-,47+. The second kappa shape index (κ2) is 17.9. The average molecular weight is 929 g/mol. The summed E-state index contributed by atoms with van der Waals surface area (Å²) < 4.78 is 47.3. The highest BCUT2D eigenvalue weighted by Crippen LogP contribution is 2.44. The number of pyridine rings is 2. The molecule has 5 heterocycles. The van der Waals surface area contributed by atoms with Crippen molar-refractivity contribution >= 4 is 67.5 Å². The fourth-order valence-corrected chi connectivity index (χ4v) is 10.6. The smallest absolute Gasteiger partial charge is 0.407 e. The van der Waals surface area contributed by atoms with Crippen LogP contribution in [0.3, 0.4) is 0 Å². The first-order valence-electron chi connectivity index (χ1n) is 21.7. The van der Waals surface area contributed by atoms with E-state index in [2.05, 4.69) is 60.8 Å². The number of hydrogen-bond acceptors (Lipinski definition) is 11. The molecule has 3 aromatic heterocycles. The van der Waals surface area contributed by atoms with Gasteiger partial charge in [-0.3, -0.25) is 9.69 Å². The number of amides is 2. The second-order valence-electron chi connectivity index (χ2n) is 18.1. The number of allylic oxidation sites excluding steroid dienone is 1. The van der Waals surface area contributed by atoms with Gasteiger partial charge in [0.2, 0.25) is 5.88 Å². The first-order valence-corrected chi connectivity index (χ1v) is 24.0. The number of alkyl carbamates (subject to hydrolysis) is 1. The summed E-state index contributed by atoms with van der Waals surface area (Å²) in [6, 6.07) is 18.2. The first kappa shape index (κ1) is 43.9. The van der Waals surface area contributed by atoms with Gasteiger partial charge in [0, 0.05) is 61.1 Å². The lowest BCUT2D eigenvalue weighted by Crippen LogP contribution is -2.47. The Balaban J connectivity index is 0.881. The molecule has 3 N–H and O–H groups in total. The van der Waals surface area contributed by atoms with Crippen molar-refractivity contribution in [2.75, 3.05) is 50.8 Å². The lowest BCUT2D eigenvalue weighted by Gasteiger charge is -2.39. The van der Waals surface area contributed by atoms with Gasteiger partial charge >= 0.3 is 6.09 Å². The number of aromatic amines is 1. The van der Waals surface area contributed by atoms with Crippen LogP contribution < -0.4 is 24.4 Å².